The Morgan fingerprint density at radius 3 is 2.42 bits per heavy atom. The molecule has 0 bridgehead atoms. The molecule has 1 aliphatic rings. The number of carbonyl (C=O) groups excluding carboxylic acids is 2. The van der Waals surface area contributed by atoms with Crippen molar-refractivity contribution in [2.75, 3.05) is 13.1 Å². The van der Waals surface area contributed by atoms with Gasteiger partial charge in [0, 0.05) is 13.1 Å². The van der Waals surface area contributed by atoms with E-state index in [9.17, 15) is 9.59 Å². The van der Waals surface area contributed by atoms with Crippen molar-refractivity contribution < 1.29 is 9.59 Å². The summed E-state index contributed by atoms with van der Waals surface area (Å²) in [7, 11) is 0. The predicted octanol–water partition coefficient (Wildman–Crippen LogP) is 0.975. The van der Waals surface area contributed by atoms with Gasteiger partial charge in [-0.3, -0.25) is 9.69 Å². The number of nitrogens with two attached hydrogens (primary N) is 1. The molecule has 1 fully saturated rings. The Kier molecular flexibility index (Phi) is 3.57. The largest absolute Gasteiger partial charge is 0.329 e. The lowest BCUT2D eigenvalue weighted by molar-refractivity contribution is -0.131. The topological polar surface area (TPSA) is 75.4 Å². The van der Waals surface area contributed by atoms with Crippen LogP contribution in [0.15, 0.2) is 24.3 Å². The van der Waals surface area contributed by atoms with Crippen molar-refractivity contribution in [2.45, 2.75) is 25.8 Å². The van der Waals surface area contributed by atoms with E-state index in [2.05, 4.69) is 12.2 Å². The van der Waals surface area contributed by atoms with Gasteiger partial charge in [0.05, 0.1) is 0 Å². The summed E-state index contributed by atoms with van der Waals surface area (Å²) in [4.78, 5) is 25.4. The lowest BCUT2D eigenvalue weighted by atomic mass is 9.91. The summed E-state index contributed by atoms with van der Waals surface area (Å²) in [5, 5.41) is 2.75. The number of hydrogen-bond donors (Lipinski definition) is 2. The van der Waals surface area contributed by atoms with Gasteiger partial charge in [0.2, 0.25) is 0 Å². The van der Waals surface area contributed by atoms with E-state index in [1.807, 2.05) is 24.3 Å². The van der Waals surface area contributed by atoms with E-state index in [4.69, 9.17) is 5.73 Å². The Hall–Kier alpha value is -1.88. The van der Waals surface area contributed by atoms with E-state index in [-0.39, 0.29) is 25.0 Å². The number of rotatable bonds is 4. The number of benzene rings is 1. The fourth-order valence-corrected chi connectivity index (χ4v) is 2.30. The molecule has 19 heavy (non-hydrogen) atoms. The first-order valence-electron chi connectivity index (χ1n) is 6.46. The molecule has 1 aromatic rings. The molecule has 3 amide bonds. The molecule has 102 valence electrons. The molecule has 2 rings (SSSR count). The monoisotopic (exact) mass is 261 g/mol. The van der Waals surface area contributed by atoms with Gasteiger partial charge >= 0.3 is 6.03 Å². The Balaban J connectivity index is 2.32. The number of imide groups is 1. The van der Waals surface area contributed by atoms with Crippen LogP contribution in [0.5, 0.6) is 0 Å². The summed E-state index contributed by atoms with van der Waals surface area (Å²) in [6.45, 7) is 4.31. The van der Waals surface area contributed by atoms with E-state index < -0.39 is 5.54 Å². The maximum absolute atomic E-state index is 12.4. The highest BCUT2D eigenvalue weighted by Crippen LogP contribution is 2.28. The maximum atomic E-state index is 12.4. The molecule has 1 saturated heterocycles. The molecule has 1 aliphatic heterocycles. The van der Waals surface area contributed by atoms with Crippen molar-refractivity contribution >= 4 is 11.9 Å². The van der Waals surface area contributed by atoms with E-state index in [0.717, 1.165) is 12.0 Å². The summed E-state index contributed by atoms with van der Waals surface area (Å²) in [6, 6.07) is 7.36. The van der Waals surface area contributed by atoms with Crippen LogP contribution in [-0.4, -0.2) is 29.9 Å². The number of amides is 3. The van der Waals surface area contributed by atoms with Crippen LogP contribution in [-0.2, 0) is 16.8 Å². The second-order valence-corrected chi connectivity index (χ2v) is 4.85. The van der Waals surface area contributed by atoms with Crippen LogP contribution < -0.4 is 11.1 Å². The highest BCUT2D eigenvalue weighted by Gasteiger charge is 2.48. The van der Waals surface area contributed by atoms with E-state index in [0.29, 0.717) is 0 Å². The molecule has 0 aromatic heterocycles. The van der Waals surface area contributed by atoms with Crippen LogP contribution in [0, 0.1) is 0 Å². The van der Waals surface area contributed by atoms with Gasteiger partial charge in [-0.25, -0.2) is 4.79 Å². The molecule has 3 N–H and O–H groups in total. The standard InChI is InChI=1S/C14H19N3O2/c1-3-10-4-6-11(7-5-10)14(2)12(18)17(9-8-15)13(19)16-14/h4-7H,3,8-9,15H2,1-2H3,(H,16,19). The van der Waals surface area contributed by atoms with Crippen LogP contribution in [0.4, 0.5) is 4.79 Å². The van der Waals surface area contributed by atoms with Crippen LogP contribution in [0.25, 0.3) is 0 Å². The van der Waals surface area contributed by atoms with Crippen LogP contribution in [0.2, 0.25) is 0 Å². The van der Waals surface area contributed by atoms with Crippen LogP contribution in [0.1, 0.15) is 25.0 Å². The third kappa shape index (κ3) is 2.21. The molecule has 1 heterocycles. The zero-order valence-electron chi connectivity index (χ0n) is 11.3. The number of urea groups is 1. The molecule has 0 radical (unpaired) electrons. The normalized spacial score (nSPS) is 22.8. The summed E-state index contributed by atoms with van der Waals surface area (Å²) in [5.74, 6) is -0.243. The Morgan fingerprint density at radius 1 is 1.26 bits per heavy atom. The maximum Gasteiger partial charge on any atom is 0.325 e. The zero-order chi connectivity index (χ0) is 14.0. The highest BCUT2D eigenvalue weighted by atomic mass is 16.2. The molecular weight excluding hydrogens is 242 g/mol. The fraction of sp³-hybridized carbons (Fsp3) is 0.429. The summed E-state index contributed by atoms with van der Waals surface area (Å²) < 4.78 is 0. The van der Waals surface area contributed by atoms with Crippen LogP contribution >= 0.6 is 0 Å². The molecule has 0 spiro atoms. The van der Waals surface area contributed by atoms with Gasteiger partial charge in [-0.2, -0.15) is 0 Å². The molecular formula is C14H19N3O2. The minimum atomic E-state index is -0.988. The SMILES string of the molecule is CCc1ccc(C2(C)NC(=O)N(CCN)C2=O)cc1. The third-order valence-corrected chi connectivity index (χ3v) is 3.57. The van der Waals surface area contributed by atoms with Crippen molar-refractivity contribution in [3.05, 3.63) is 35.4 Å². The molecule has 5 heteroatoms. The first-order valence-corrected chi connectivity index (χ1v) is 6.46. The van der Waals surface area contributed by atoms with Crippen LogP contribution in [0.3, 0.4) is 0 Å². The number of nitrogens with zero attached hydrogens (tertiary/aromatic N) is 1. The molecule has 1 unspecified atom stereocenters. The number of nitrogens with one attached hydrogen (secondary N) is 1. The summed E-state index contributed by atoms with van der Waals surface area (Å²) in [5.41, 5.74) is 6.43. The lowest BCUT2D eigenvalue weighted by Crippen LogP contribution is -2.41. The fourth-order valence-electron chi connectivity index (χ4n) is 2.30. The first-order chi connectivity index (χ1) is 9.02. The molecule has 1 aromatic carbocycles. The zero-order valence-corrected chi connectivity index (χ0v) is 11.3. The van der Waals surface area contributed by atoms with Crippen molar-refractivity contribution in [1.82, 2.24) is 10.2 Å². The minimum Gasteiger partial charge on any atom is -0.329 e. The second kappa shape index (κ2) is 5.01. The number of carbonyl (C=O) groups is 2. The third-order valence-electron chi connectivity index (χ3n) is 3.57. The molecule has 5 nitrogen and oxygen atoms in total. The second-order valence-electron chi connectivity index (χ2n) is 4.85. The van der Waals surface area contributed by atoms with Gasteiger partial charge in [-0.05, 0) is 24.5 Å². The Labute approximate surface area is 112 Å². The summed E-state index contributed by atoms with van der Waals surface area (Å²) in [6.07, 6.45) is 0.941. The average Bonchev–Trinajstić information content (AvgIpc) is 2.64. The molecule has 0 aliphatic carbocycles. The van der Waals surface area contributed by atoms with Gasteiger partial charge < -0.3 is 11.1 Å². The quantitative estimate of drug-likeness (QED) is 0.793. The van der Waals surface area contributed by atoms with Gasteiger partial charge in [-0.1, -0.05) is 31.2 Å². The Bertz CT molecular complexity index is 498. The van der Waals surface area contributed by atoms with Gasteiger partial charge in [0.25, 0.3) is 5.91 Å². The van der Waals surface area contributed by atoms with Crippen molar-refractivity contribution in [3.8, 4) is 0 Å². The van der Waals surface area contributed by atoms with E-state index in [1.165, 1.54) is 10.5 Å². The Morgan fingerprint density at radius 2 is 1.89 bits per heavy atom. The van der Waals surface area contributed by atoms with E-state index in [1.54, 1.807) is 6.92 Å². The van der Waals surface area contributed by atoms with Gasteiger partial charge in [-0.15, -0.1) is 0 Å². The first kappa shape index (κ1) is 13.5. The molecule has 0 saturated carbocycles. The molecule has 1 atom stereocenters. The smallest absolute Gasteiger partial charge is 0.325 e. The average molecular weight is 261 g/mol. The van der Waals surface area contributed by atoms with Crippen molar-refractivity contribution in [3.63, 3.8) is 0 Å². The van der Waals surface area contributed by atoms with Gasteiger partial charge in [0.1, 0.15) is 5.54 Å². The van der Waals surface area contributed by atoms with Gasteiger partial charge in [0.15, 0.2) is 0 Å². The lowest BCUT2D eigenvalue weighted by Gasteiger charge is -2.22. The summed E-state index contributed by atoms with van der Waals surface area (Å²) >= 11 is 0. The van der Waals surface area contributed by atoms with Crippen molar-refractivity contribution in [1.29, 1.82) is 0 Å². The highest BCUT2D eigenvalue weighted by molar-refractivity contribution is 6.07. The number of aryl methyl sites for hydroxylation is 1. The predicted molar refractivity (Wildman–Crippen MR) is 72.5 cm³/mol. The van der Waals surface area contributed by atoms with Crippen molar-refractivity contribution in [2.24, 2.45) is 5.73 Å². The van der Waals surface area contributed by atoms with E-state index >= 15 is 0 Å². The minimum absolute atomic E-state index is 0.243. The number of hydrogen-bond acceptors (Lipinski definition) is 3.